The van der Waals surface area contributed by atoms with Crippen molar-refractivity contribution in [3.8, 4) is 16.9 Å². The Bertz CT molecular complexity index is 877. The normalized spacial score (nSPS) is 28.0. The van der Waals surface area contributed by atoms with Gasteiger partial charge in [-0.3, -0.25) is 0 Å². The predicted molar refractivity (Wildman–Crippen MR) is 114 cm³/mol. The van der Waals surface area contributed by atoms with Crippen molar-refractivity contribution in [1.82, 2.24) is 0 Å². The van der Waals surface area contributed by atoms with E-state index < -0.39 is 24.1 Å². The first-order valence-corrected chi connectivity index (χ1v) is 11.0. The van der Waals surface area contributed by atoms with E-state index in [1.54, 1.807) is 6.07 Å². The van der Waals surface area contributed by atoms with E-state index in [2.05, 4.69) is 6.92 Å². The van der Waals surface area contributed by atoms with Crippen LogP contribution < -0.4 is 4.74 Å². The van der Waals surface area contributed by atoms with Gasteiger partial charge >= 0.3 is 0 Å². The molecule has 2 aliphatic rings. The highest BCUT2D eigenvalue weighted by Crippen LogP contribution is 2.46. The third kappa shape index (κ3) is 3.98. The molecule has 0 aromatic heterocycles. The fraction of sp³-hybridized carbons (Fsp3) is 0.520. The Kier molecular flexibility index (Phi) is 6.14. The molecule has 1 saturated carbocycles. The molecule has 0 amide bonds. The Morgan fingerprint density at radius 2 is 1.87 bits per heavy atom. The highest BCUT2D eigenvalue weighted by atomic mass is 19.1. The first-order chi connectivity index (χ1) is 14.4. The lowest BCUT2D eigenvalue weighted by molar-refractivity contribution is -0.293. The van der Waals surface area contributed by atoms with Crippen LogP contribution in [0.2, 0.25) is 0 Å². The van der Waals surface area contributed by atoms with Gasteiger partial charge in [-0.05, 0) is 60.2 Å². The van der Waals surface area contributed by atoms with Crippen LogP contribution in [0.5, 0.6) is 5.75 Å². The van der Waals surface area contributed by atoms with E-state index in [-0.39, 0.29) is 11.7 Å². The number of benzene rings is 2. The van der Waals surface area contributed by atoms with Crippen LogP contribution in [0.3, 0.4) is 0 Å². The number of hydrogen-bond donors (Lipinski definition) is 2. The molecular weight excluding hydrogens is 383 g/mol. The molecule has 30 heavy (non-hydrogen) atoms. The lowest BCUT2D eigenvalue weighted by atomic mass is 9.78. The average molecular weight is 415 g/mol. The molecule has 4 nitrogen and oxygen atoms in total. The molecule has 0 radical (unpaired) electrons. The maximum absolute atomic E-state index is 13.8. The van der Waals surface area contributed by atoms with Gasteiger partial charge in [-0.1, -0.05) is 51.3 Å². The van der Waals surface area contributed by atoms with Crippen molar-refractivity contribution in [2.45, 2.75) is 76.5 Å². The molecule has 1 spiro atoms. The summed E-state index contributed by atoms with van der Waals surface area (Å²) in [5.41, 5.74) is 2.36. The minimum atomic E-state index is -1.13. The maximum Gasteiger partial charge on any atom is 0.229 e. The number of hydrogen-bond acceptors (Lipinski definition) is 4. The highest BCUT2D eigenvalue weighted by molar-refractivity contribution is 5.69. The van der Waals surface area contributed by atoms with Gasteiger partial charge in [-0.2, -0.15) is 0 Å². The van der Waals surface area contributed by atoms with Crippen molar-refractivity contribution in [3.63, 3.8) is 0 Å². The smallest absolute Gasteiger partial charge is 0.229 e. The Balaban J connectivity index is 1.63. The lowest BCUT2D eigenvalue weighted by Crippen LogP contribution is -2.60. The molecule has 1 aliphatic carbocycles. The van der Waals surface area contributed by atoms with Crippen LogP contribution in [-0.4, -0.2) is 34.3 Å². The monoisotopic (exact) mass is 414 g/mol. The van der Waals surface area contributed by atoms with Crippen LogP contribution in [0.4, 0.5) is 4.39 Å². The quantitative estimate of drug-likeness (QED) is 0.734. The Hall–Kier alpha value is -1.95. The Morgan fingerprint density at radius 3 is 2.57 bits per heavy atom. The Morgan fingerprint density at radius 1 is 1.10 bits per heavy atom. The molecule has 1 heterocycles. The molecule has 2 fully saturated rings. The Labute approximate surface area is 177 Å². The zero-order valence-corrected chi connectivity index (χ0v) is 17.7. The molecule has 162 valence electrons. The summed E-state index contributed by atoms with van der Waals surface area (Å²) in [6, 6.07) is 12.2. The van der Waals surface area contributed by atoms with E-state index in [1.807, 2.05) is 31.2 Å². The zero-order valence-electron chi connectivity index (χ0n) is 17.7. The summed E-state index contributed by atoms with van der Waals surface area (Å²) in [5.74, 6) is 0.102. The summed E-state index contributed by atoms with van der Waals surface area (Å²) in [6.07, 6.45) is 2.71. The molecule has 0 bridgehead atoms. The first kappa shape index (κ1) is 21.3. The second-order valence-corrected chi connectivity index (χ2v) is 8.73. The zero-order chi connectivity index (χ0) is 21.3. The van der Waals surface area contributed by atoms with Crippen molar-refractivity contribution < 1.29 is 24.1 Å². The molecule has 2 aromatic rings. The highest BCUT2D eigenvalue weighted by Gasteiger charge is 2.53. The fourth-order valence-electron chi connectivity index (χ4n) is 4.99. The molecule has 5 heteroatoms. The SMILES string of the molecule is CCCc1ccc(O[C@@H]2OC3(CCCC3)[C@H](C)[C@@H](O)[C@H]2O)cc1-c1cccc(F)c1. The standard InChI is InChI=1S/C25H31FO4/c1-3-7-17-10-11-20(15-21(17)18-8-6-9-19(26)14-18)29-24-23(28)22(27)16(2)25(30-24)12-4-5-13-25/h6,8-11,14-16,22-24,27-28H,3-5,7,12-13H2,1-2H3/t16-,22-,23-,24-/m1/s1. The van der Waals surface area contributed by atoms with Crippen molar-refractivity contribution in [2.75, 3.05) is 0 Å². The molecule has 1 saturated heterocycles. The number of halogens is 1. The van der Waals surface area contributed by atoms with Gasteiger partial charge in [-0.25, -0.2) is 4.39 Å². The molecular formula is C25H31FO4. The lowest BCUT2D eigenvalue weighted by Gasteiger charge is -2.48. The molecule has 1 aliphatic heterocycles. The number of aryl methyl sites for hydroxylation is 1. The summed E-state index contributed by atoms with van der Waals surface area (Å²) in [6.45, 7) is 4.05. The van der Waals surface area contributed by atoms with Crippen LogP contribution >= 0.6 is 0 Å². The van der Waals surface area contributed by atoms with Crippen molar-refractivity contribution in [3.05, 3.63) is 53.8 Å². The minimum absolute atomic E-state index is 0.148. The summed E-state index contributed by atoms with van der Waals surface area (Å²) in [7, 11) is 0. The molecule has 0 unspecified atom stereocenters. The van der Waals surface area contributed by atoms with Gasteiger partial charge in [-0.15, -0.1) is 0 Å². The van der Waals surface area contributed by atoms with Gasteiger partial charge in [0.25, 0.3) is 0 Å². The van der Waals surface area contributed by atoms with Crippen LogP contribution in [0.15, 0.2) is 42.5 Å². The second-order valence-electron chi connectivity index (χ2n) is 8.73. The van der Waals surface area contributed by atoms with E-state index in [4.69, 9.17) is 9.47 Å². The van der Waals surface area contributed by atoms with E-state index in [0.29, 0.717) is 5.75 Å². The van der Waals surface area contributed by atoms with Gasteiger partial charge in [0.05, 0.1) is 11.7 Å². The molecule has 4 atom stereocenters. The molecule has 4 rings (SSSR count). The maximum atomic E-state index is 13.8. The minimum Gasteiger partial charge on any atom is -0.462 e. The second kappa shape index (κ2) is 8.66. The predicted octanol–water partition coefficient (Wildman–Crippen LogP) is 4.85. The van der Waals surface area contributed by atoms with Crippen molar-refractivity contribution in [1.29, 1.82) is 0 Å². The third-order valence-electron chi connectivity index (χ3n) is 6.76. The molecule has 2 N–H and O–H groups in total. The van der Waals surface area contributed by atoms with E-state index in [0.717, 1.165) is 55.2 Å². The van der Waals surface area contributed by atoms with Crippen LogP contribution in [0, 0.1) is 11.7 Å². The first-order valence-electron chi connectivity index (χ1n) is 11.0. The van der Waals surface area contributed by atoms with Crippen molar-refractivity contribution >= 4 is 0 Å². The van der Waals surface area contributed by atoms with Gasteiger partial charge < -0.3 is 19.7 Å². The number of ether oxygens (including phenoxy) is 2. The van der Waals surface area contributed by atoms with Gasteiger partial charge in [0.2, 0.25) is 6.29 Å². The summed E-state index contributed by atoms with van der Waals surface area (Å²) in [4.78, 5) is 0. The topological polar surface area (TPSA) is 58.9 Å². The van der Waals surface area contributed by atoms with Crippen molar-refractivity contribution in [2.24, 2.45) is 5.92 Å². The summed E-state index contributed by atoms with van der Waals surface area (Å²) >= 11 is 0. The third-order valence-corrected chi connectivity index (χ3v) is 6.76. The van der Waals surface area contributed by atoms with Gasteiger partial charge in [0.1, 0.15) is 17.7 Å². The van der Waals surface area contributed by atoms with E-state index in [1.165, 1.54) is 12.1 Å². The average Bonchev–Trinajstić information content (AvgIpc) is 3.21. The van der Waals surface area contributed by atoms with Crippen LogP contribution in [-0.2, 0) is 11.2 Å². The molecule has 2 aromatic carbocycles. The van der Waals surface area contributed by atoms with Gasteiger partial charge in [0, 0.05) is 5.92 Å². The number of aliphatic hydroxyl groups is 2. The van der Waals surface area contributed by atoms with Crippen LogP contribution in [0.1, 0.15) is 51.5 Å². The number of aliphatic hydroxyl groups excluding tert-OH is 2. The largest absolute Gasteiger partial charge is 0.462 e. The summed E-state index contributed by atoms with van der Waals surface area (Å²) < 4.78 is 26.2. The van der Waals surface area contributed by atoms with Crippen LogP contribution in [0.25, 0.3) is 11.1 Å². The fourth-order valence-corrected chi connectivity index (χ4v) is 4.99. The van der Waals surface area contributed by atoms with Gasteiger partial charge in [0.15, 0.2) is 0 Å². The number of rotatable bonds is 5. The summed E-state index contributed by atoms with van der Waals surface area (Å²) in [5, 5.41) is 21.3. The van der Waals surface area contributed by atoms with E-state index in [9.17, 15) is 14.6 Å². The van der Waals surface area contributed by atoms with E-state index >= 15 is 0 Å².